The fraction of sp³-hybridized carbons (Fsp3) is 0.700. The number of aliphatic hydroxyl groups is 1. The number of aromatic nitrogens is 2. The summed E-state index contributed by atoms with van der Waals surface area (Å²) in [4.78, 5) is 5.01. The molecule has 92 valence electrons. The maximum absolute atomic E-state index is 9.05. The summed E-state index contributed by atoms with van der Waals surface area (Å²) >= 11 is 0. The summed E-state index contributed by atoms with van der Waals surface area (Å²) in [6.45, 7) is 4.94. The highest BCUT2D eigenvalue weighted by atomic mass is 16.3. The number of fused-ring (bicyclic) bond motifs is 1. The van der Waals surface area contributed by atoms with Crippen LogP contribution < -0.4 is 0 Å². The Morgan fingerprint density at radius 2 is 2.53 bits per heavy atom. The predicted octanol–water partition coefficient (Wildman–Crippen LogP) is 0.890. The van der Waals surface area contributed by atoms with Crippen LogP contribution in [0.5, 0.6) is 0 Å². The molecule has 1 aromatic heterocycles. The van der Waals surface area contributed by atoms with Crippen molar-refractivity contribution in [1.29, 1.82) is 0 Å². The van der Waals surface area contributed by atoms with E-state index in [2.05, 4.69) is 26.9 Å². The number of aliphatic hydroxyl groups excluding tert-OH is 1. The number of azide groups is 1. The lowest BCUT2D eigenvalue weighted by molar-refractivity contribution is 0.149. The Bertz CT molecular complexity index is 436. The third-order valence-electron chi connectivity index (χ3n) is 3.05. The van der Waals surface area contributed by atoms with Gasteiger partial charge in [-0.2, -0.15) is 5.10 Å². The third kappa shape index (κ3) is 2.58. The van der Waals surface area contributed by atoms with Gasteiger partial charge in [0, 0.05) is 30.6 Å². The Morgan fingerprint density at radius 1 is 1.71 bits per heavy atom. The van der Waals surface area contributed by atoms with Crippen LogP contribution in [-0.4, -0.2) is 38.9 Å². The zero-order valence-electron chi connectivity index (χ0n) is 9.82. The molecule has 2 heterocycles. The molecule has 0 bridgehead atoms. The van der Waals surface area contributed by atoms with Crippen molar-refractivity contribution in [3.05, 3.63) is 27.9 Å². The molecular weight excluding hydrogens is 220 g/mol. The van der Waals surface area contributed by atoms with Gasteiger partial charge >= 0.3 is 0 Å². The summed E-state index contributed by atoms with van der Waals surface area (Å²) in [5.41, 5.74) is 10.1. The van der Waals surface area contributed by atoms with Gasteiger partial charge in [0.2, 0.25) is 0 Å². The Morgan fingerprint density at radius 3 is 3.24 bits per heavy atom. The van der Waals surface area contributed by atoms with Crippen molar-refractivity contribution in [3.8, 4) is 0 Å². The summed E-state index contributed by atoms with van der Waals surface area (Å²) in [5, 5.41) is 16.9. The van der Waals surface area contributed by atoms with Gasteiger partial charge in [-0.15, -0.1) is 0 Å². The van der Waals surface area contributed by atoms with Gasteiger partial charge < -0.3 is 5.11 Å². The molecule has 0 radical (unpaired) electrons. The first-order valence-electron chi connectivity index (χ1n) is 5.66. The fourth-order valence-electron chi connectivity index (χ4n) is 2.12. The Kier molecular flexibility index (Phi) is 3.63. The van der Waals surface area contributed by atoms with Crippen LogP contribution >= 0.6 is 0 Å². The van der Waals surface area contributed by atoms with Crippen LogP contribution in [0.4, 0.5) is 0 Å². The molecule has 7 heteroatoms. The van der Waals surface area contributed by atoms with E-state index in [9.17, 15) is 0 Å². The minimum atomic E-state index is -0.0207. The molecule has 1 unspecified atom stereocenters. The Labute approximate surface area is 99.3 Å². The summed E-state index contributed by atoms with van der Waals surface area (Å²) in [7, 11) is 0. The first-order chi connectivity index (χ1) is 8.24. The van der Waals surface area contributed by atoms with E-state index in [0.29, 0.717) is 18.3 Å². The lowest BCUT2D eigenvalue weighted by Gasteiger charge is -2.33. The van der Waals surface area contributed by atoms with Crippen molar-refractivity contribution < 1.29 is 5.11 Å². The number of hydrogen-bond acceptors (Lipinski definition) is 4. The molecule has 0 amide bonds. The summed E-state index contributed by atoms with van der Waals surface area (Å²) in [5.74, 6) is 0. The van der Waals surface area contributed by atoms with E-state index in [1.807, 2.05) is 10.7 Å². The average molecular weight is 236 g/mol. The maximum Gasteiger partial charge on any atom is 0.0882 e. The molecule has 1 aliphatic rings. The fourth-order valence-corrected chi connectivity index (χ4v) is 2.12. The summed E-state index contributed by atoms with van der Waals surface area (Å²) in [6.07, 6.45) is 0. The normalized spacial score (nSPS) is 19.8. The van der Waals surface area contributed by atoms with Gasteiger partial charge in [-0.3, -0.25) is 9.58 Å². The van der Waals surface area contributed by atoms with Crippen LogP contribution in [-0.2, 0) is 19.7 Å². The summed E-state index contributed by atoms with van der Waals surface area (Å²) in [6, 6.07) is 2.29. The molecule has 1 N–H and O–H groups in total. The molecule has 0 saturated heterocycles. The molecule has 17 heavy (non-hydrogen) atoms. The van der Waals surface area contributed by atoms with Gasteiger partial charge in [0.1, 0.15) is 0 Å². The van der Waals surface area contributed by atoms with Crippen molar-refractivity contribution >= 4 is 0 Å². The van der Waals surface area contributed by atoms with Crippen molar-refractivity contribution in [3.63, 3.8) is 0 Å². The second kappa shape index (κ2) is 5.18. The SMILES string of the molecule is CC1Cn2nc(CO)cc2CN1CCN=[N+]=[N-]. The molecule has 0 spiro atoms. The van der Waals surface area contributed by atoms with E-state index in [4.69, 9.17) is 10.6 Å². The van der Waals surface area contributed by atoms with Gasteiger partial charge in [-0.05, 0) is 18.5 Å². The zero-order chi connectivity index (χ0) is 12.3. The van der Waals surface area contributed by atoms with Crippen LogP contribution in [0.15, 0.2) is 11.2 Å². The maximum atomic E-state index is 9.05. The number of nitrogens with zero attached hydrogens (tertiary/aromatic N) is 6. The van der Waals surface area contributed by atoms with Crippen LogP contribution in [0.2, 0.25) is 0 Å². The molecule has 2 rings (SSSR count). The molecule has 0 fully saturated rings. The molecule has 1 aliphatic heterocycles. The standard InChI is InChI=1S/C10H16N6O/c1-8-5-16-10(4-9(7-17)13-16)6-15(8)3-2-12-14-11/h4,8,17H,2-3,5-7H2,1H3. The Balaban J connectivity index is 2.06. The molecular formula is C10H16N6O. The van der Waals surface area contributed by atoms with Crippen LogP contribution in [0.25, 0.3) is 10.4 Å². The van der Waals surface area contributed by atoms with Crippen molar-refractivity contribution in [2.24, 2.45) is 5.11 Å². The monoisotopic (exact) mass is 236 g/mol. The summed E-state index contributed by atoms with van der Waals surface area (Å²) < 4.78 is 1.94. The predicted molar refractivity (Wildman–Crippen MR) is 62.0 cm³/mol. The second-order valence-corrected chi connectivity index (χ2v) is 4.24. The molecule has 0 aliphatic carbocycles. The minimum Gasteiger partial charge on any atom is -0.390 e. The quantitative estimate of drug-likeness (QED) is 0.478. The van der Waals surface area contributed by atoms with E-state index in [1.54, 1.807) is 0 Å². The number of hydrogen-bond donors (Lipinski definition) is 1. The molecule has 0 saturated carbocycles. The highest BCUT2D eigenvalue weighted by molar-refractivity contribution is 5.11. The van der Waals surface area contributed by atoms with Gasteiger partial charge in [0.05, 0.1) is 24.5 Å². The highest BCUT2D eigenvalue weighted by Crippen LogP contribution is 2.17. The lowest BCUT2D eigenvalue weighted by Crippen LogP contribution is -2.42. The van der Waals surface area contributed by atoms with Crippen molar-refractivity contribution in [1.82, 2.24) is 14.7 Å². The lowest BCUT2D eigenvalue weighted by atomic mass is 10.2. The molecule has 1 atom stereocenters. The smallest absolute Gasteiger partial charge is 0.0882 e. The second-order valence-electron chi connectivity index (χ2n) is 4.24. The zero-order valence-corrected chi connectivity index (χ0v) is 9.82. The van der Waals surface area contributed by atoms with Gasteiger partial charge in [-0.25, -0.2) is 0 Å². The van der Waals surface area contributed by atoms with Crippen LogP contribution in [0.1, 0.15) is 18.3 Å². The van der Waals surface area contributed by atoms with Crippen molar-refractivity contribution in [2.75, 3.05) is 13.1 Å². The van der Waals surface area contributed by atoms with Crippen molar-refractivity contribution in [2.45, 2.75) is 32.7 Å². The van der Waals surface area contributed by atoms with Gasteiger partial charge in [0.15, 0.2) is 0 Å². The third-order valence-corrected chi connectivity index (χ3v) is 3.05. The van der Waals surface area contributed by atoms with E-state index < -0.39 is 0 Å². The first-order valence-corrected chi connectivity index (χ1v) is 5.66. The van der Waals surface area contributed by atoms with Gasteiger partial charge in [-0.1, -0.05) is 5.11 Å². The van der Waals surface area contributed by atoms with Crippen LogP contribution in [0, 0.1) is 0 Å². The van der Waals surface area contributed by atoms with E-state index >= 15 is 0 Å². The number of rotatable bonds is 4. The van der Waals surface area contributed by atoms with Gasteiger partial charge in [0.25, 0.3) is 0 Å². The van der Waals surface area contributed by atoms with Crippen LogP contribution in [0.3, 0.4) is 0 Å². The molecule has 0 aromatic carbocycles. The van der Waals surface area contributed by atoms with E-state index in [-0.39, 0.29) is 6.61 Å². The molecule has 7 nitrogen and oxygen atoms in total. The van der Waals surface area contributed by atoms with E-state index in [1.165, 1.54) is 0 Å². The minimum absolute atomic E-state index is 0.0207. The van der Waals surface area contributed by atoms with E-state index in [0.717, 1.165) is 25.3 Å². The topological polar surface area (TPSA) is 90.0 Å². The largest absolute Gasteiger partial charge is 0.390 e. The Hall–Kier alpha value is -1.56. The molecule has 1 aromatic rings. The average Bonchev–Trinajstić information content (AvgIpc) is 2.71. The highest BCUT2D eigenvalue weighted by Gasteiger charge is 2.23. The first kappa shape index (κ1) is 11.9.